The summed E-state index contributed by atoms with van der Waals surface area (Å²) in [5.41, 5.74) is 3.76. The maximum absolute atomic E-state index is 5.54. The highest BCUT2D eigenvalue weighted by Crippen LogP contribution is 2.26. The molecule has 2 atom stereocenters. The summed E-state index contributed by atoms with van der Waals surface area (Å²) in [6.45, 7) is 4.80. The molecule has 1 rings (SSSR count). The minimum Gasteiger partial charge on any atom is -0.380 e. The van der Waals surface area contributed by atoms with E-state index < -0.39 is 0 Å². The maximum atomic E-state index is 5.54. The van der Waals surface area contributed by atoms with Gasteiger partial charge in [0.2, 0.25) is 0 Å². The Bertz CT molecular complexity index is 315. The van der Waals surface area contributed by atoms with Gasteiger partial charge in [0.15, 0.2) is 0 Å². The predicted octanol–water partition coefficient (Wildman–Crippen LogP) is 1.20. The van der Waals surface area contributed by atoms with Gasteiger partial charge in [0, 0.05) is 13.7 Å². The molecule has 0 radical (unpaired) electrons. The van der Waals surface area contributed by atoms with Crippen LogP contribution in [0.1, 0.15) is 25.6 Å². The number of hydrogen-bond acceptors (Lipinski definition) is 4. The third kappa shape index (κ3) is 2.57. The molecule has 0 aliphatic carbocycles. The predicted molar refractivity (Wildman–Crippen MR) is 62.1 cm³/mol. The molecule has 0 aliphatic rings. The van der Waals surface area contributed by atoms with Crippen LogP contribution >= 0.6 is 15.9 Å². The Morgan fingerprint density at radius 1 is 1.73 bits per heavy atom. The fourth-order valence-electron chi connectivity index (χ4n) is 1.51. The Labute approximate surface area is 98.1 Å². The van der Waals surface area contributed by atoms with E-state index in [4.69, 9.17) is 10.6 Å². The summed E-state index contributed by atoms with van der Waals surface area (Å²) >= 11 is 3.46. The summed E-state index contributed by atoms with van der Waals surface area (Å²) in [5, 5.41) is 4.24. The molecule has 0 fully saturated rings. The van der Waals surface area contributed by atoms with E-state index in [0.717, 1.165) is 16.7 Å². The highest BCUT2D eigenvalue weighted by Gasteiger charge is 2.23. The van der Waals surface area contributed by atoms with Gasteiger partial charge in [-0.05, 0) is 29.8 Å². The molecule has 0 aliphatic heterocycles. The first kappa shape index (κ1) is 12.6. The summed E-state index contributed by atoms with van der Waals surface area (Å²) in [4.78, 5) is 0. The second kappa shape index (κ2) is 5.60. The smallest absolute Gasteiger partial charge is 0.0898 e. The van der Waals surface area contributed by atoms with Crippen LogP contribution < -0.4 is 11.3 Å². The lowest BCUT2D eigenvalue weighted by atomic mass is 10.1. The fraction of sp³-hybridized carbons (Fsp3) is 0.667. The van der Waals surface area contributed by atoms with Crippen molar-refractivity contribution in [3.05, 3.63) is 16.4 Å². The van der Waals surface area contributed by atoms with Gasteiger partial charge in [-0.1, -0.05) is 0 Å². The first-order chi connectivity index (χ1) is 7.15. The van der Waals surface area contributed by atoms with Gasteiger partial charge in [-0.3, -0.25) is 10.5 Å². The molecule has 5 nitrogen and oxygen atoms in total. The summed E-state index contributed by atoms with van der Waals surface area (Å²) < 4.78 is 8.11. The quantitative estimate of drug-likeness (QED) is 0.627. The highest BCUT2D eigenvalue weighted by molar-refractivity contribution is 9.10. The van der Waals surface area contributed by atoms with Gasteiger partial charge >= 0.3 is 0 Å². The SMILES string of the molecule is CCn1ncc(Br)c1C(NN)C(C)OC. The molecule has 0 bridgehead atoms. The Morgan fingerprint density at radius 2 is 2.40 bits per heavy atom. The number of nitrogens with two attached hydrogens (primary N) is 1. The van der Waals surface area contributed by atoms with Crippen LogP contribution in [0.4, 0.5) is 0 Å². The van der Waals surface area contributed by atoms with E-state index in [-0.39, 0.29) is 12.1 Å². The standard InChI is InChI=1S/C9H17BrN4O/c1-4-14-9(7(10)5-12-14)8(13-11)6(2)15-3/h5-6,8,13H,4,11H2,1-3H3. The zero-order valence-corrected chi connectivity index (χ0v) is 10.8. The van der Waals surface area contributed by atoms with Crippen molar-refractivity contribution in [1.29, 1.82) is 0 Å². The number of rotatable bonds is 5. The van der Waals surface area contributed by atoms with Crippen LogP contribution in [0, 0.1) is 0 Å². The van der Waals surface area contributed by atoms with Gasteiger partial charge in [0.25, 0.3) is 0 Å². The molecule has 1 aromatic heterocycles. The van der Waals surface area contributed by atoms with Crippen molar-refractivity contribution in [2.75, 3.05) is 7.11 Å². The van der Waals surface area contributed by atoms with E-state index in [1.54, 1.807) is 13.3 Å². The molecule has 0 spiro atoms. The maximum Gasteiger partial charge on any atom is 0.0898 e. The average Bonchev–Trinajstić information content (AvgIpc) is 2.61. The van der Waals surface area contributed by atoms with Gasteiger partial charge in [-0.2, -0.15) is 5.10 Å². The Kier molecular flexibility index (Phi) is 4.72. The normalized spacial score (nSPS) is 15.3. The van der Waals surface area contributed by atoms with E-state index in [1.165, 1.54) is 0 Å². The van der Waals surface area contributed by atoms with Crippen LogP contribution in [0.2, 0.25) is 0 Å². The number of methoxy groups -OCH3 is 1. The van der Waals surface area contributed by atoms with Crippen LogP contribution in [0.25, 0.3) is 0 Å². The molecule has 1 aromatic rings. The lowest BCUT2D eigenvalue weighted by Gasteiger charge is -2.23. The minimum absolute atomic E-state index is 0.0201. The Balaban J connectivity index is 3.04. The van der Waals surface area contributed by atoms with Crippen LogP contribution in [0.3, 0.4) is 0 Å². The van der Waals surface area contributed by atoms with Crippen molar-refractivity contribution in [3.63, 3.8) is 0 Å². The van der Waals surface area contributed by atoms with E-state index in [0.29, 0.717) is 0 Å². The third-order valence-electron chi connectivity index (χ3n) is 2.45. The molecule has 15 heavy (non-hydrogen) atoms. The number of nitrogens with zero attached hydrogens (tertiary/aromatic N) is 2. The van der Waals surface area contributed by atoms with E-state index in [1.807, 2.05) is 18.5 Å². The number of aryl methyl sites for hydroxylation is 1. The molecule has 0 amide bonds. The first-order valence-corrected chi connectivity index (χ1v) is 5.65. The monoisotopic (exact) mass is 276 g/mol. The van der Waals surface area contributed by atoms with Gasteiger partial charge in [0.05, 0.1) is 28.5 Å². The van der Waals surface area contributed by atoms with Crippen LogP contribution in [-0.2, 0) is 11.3 Å². The van der Waals surface area contributed by atoms with Crippen molar-refractivity contribution in [2.45, 2.75) is 32.5 Å². The molecule has 86 valence electrons. The molecule has 6 heteroatoms. The third-order valence-corrected chi connectivity index (χ3v) is 3.06. The first-order valence-electron chi connectivity index (χ1n) is 4.85. The number of hydrazine groups is 1. The summed E-state index contributed by atoms with van der Waals surface area (Å²) in [7, 11) is 1.66. The van der Waals surface area contributed by atoms with E-state index >= 15 is 0 Å². The topological polar surface area (TPSA) is 65.1 Å². The molecule has 0 aromatic carbocycles. The second-order valence-electron chi connectivity index (χ2n) is 3.28. The van der Waals surface area contributed by atoms with Gasteiger partial charge < -0.3 is 4.74 Å². The van der Waals surface area contributed by atoms with Crippen molar-refractivity contribution in [2.24, 2.45) is 5.84 Å². The number of hydrogen-bond donors (Lipinski definition) is 2. The number of aromatic nitrogens is 2. The van der Waals surface area contributed by atoms with Gasteiger partial charge in [0.1, 0.15) is 0 Å². The molecular formula is C9H17BrN4O. The summed E-state index contributed by atoms with van der Waals surface area (Å²) in [6.07, 6.45) is 1.75. The Morgan fingerprint density at radius 3 is 2.87 bits per heavy atom. The van der Waals surface area contributed by atoms with Gasteiger partial charge in [-0.15, -0.1) is 0 Å². The zero-order valence-electron chi connectivity index (χ0n) is 9.20. The molecule has 0 saturated carbocycles. The highest BCUT2D eigenvalue weighted by atomic mass is 79.9. The number of ether oxygens (including phenoxy) is 1. The van der Waals surface area contributed by atoms with E-state index in [9.17, 15) is 0 Å². The summed E-state index contributed by atoms with van der Waals surface area (Å²) in [6, 6.07) is -0.0770. The fourth-order valence-corrected chi connectivity index (χ4v) is 2.05. The van der Waals surface area contributed by atoms with Crippen LogP contribution in [-0.4, -0.2) is 23.0 Å². The largest absolute Gasteiger partial charge is 0.380 e. The Hall–Kier alpha value is -0.430. The molecule has 1 heterocycles. The average molecular weight is 277 g/mol. The molecule has 3 N–H and O–H groups in total. The lowest BCUT2D eigenvalue weighted by molar-refractivity contribution is 0.0798. The number of nitrogens with one attached hydrogen (secondary N) is 1. The van der Waals surface area contributed by atoms with Crippen molar-refractivity contribution >= 4 is 15.9 Å². The van der Waals surface area contributed by atoms with Crippen LogP contribution in [0.5, 0.6) is 0 Å². The van der Waals surface area contributed by atoms with Crippen molar-refractivity contribution < 1.29 is 4.74 Å². The molecular weight excluding hydrogens is 260 g/mol. The zero-order chi connectivity index (χ0) is 11.4. The molecule has 0 saturated heterocycles. The minimum atomic E-state index is -0.0770. The summed E-state index contributed by atoms with van der Waals surface area (Å²) in [5.74, 6) is 5.54. The molecule has 2 unspecified atom stereocenters. The van der Waals surface area contributed by atoms with Crippen molar-refractivity contribution in [3.8, 4) is 0 Å². The van der Waals surface area contributed by atoms with Crippen molar-refractivity contribution in [1.82, 2.24) is 15.2 Å². The lowest BCUT2D eigenvalue weighted by Crippen LogP contribution is -2.37. The number of halogens is 1. The van der Waals surface area contributed by atoms with Crippen LogP contribution in [0.15, 0.2) is 10.7 Å². The van der Waals surface area contributed by atoms with E-state index in [2.05, 4.69) is 26.5 Å². The van der Waals surface area contributed by atoms with Gasteiger partial charge in [-0.25, -0.2) is 5.43 Å². The second-order valence-corrected chi connectivity index (χ2v) is 4.13.